The zero-order chi connectivity index (χ0) is 19.7. The van der Waals surface area contributed by atoms with Crippen molar-refractivity contribution in [1.29, 1.82) is 0 Å². The number of amides is 1. The van der Waals surface area contributed by atoms with Crippen LogP contribution in [0.15, 0.2) is 66.7 Å². The van der Waals surface area contributed by atoms with E-state index in [0.29, 0.717) is 12.1 Å². The van der Waals surface area contributed by atoms with Gasteiger partial charge in [-0.1, -0.05) is 66.7 Å². The fraction of sp³-hybridized carbons (Fsp3) is 0.120. The maximum absolute atomic E-state index is 12.4. The zero-order valence-electron chi connectivity index (χ0n) is 16.0. The van der Waals surface area contributed by atoms with Crippen LogP contribution in [0.5, 0.6) is 0 Å². The first kappa shape index (κ1) is 17.9. The molecule has 1 aliphatic heterocycles. The first-order valence-electron chi connectivity index (χ1n) is 9.33. The van der Waals surface area contributed by atoms with Gasteiger partial charge in [0, 0.05) is 12.5 Å². The molecule has 0 fully saturated rings. The number of rotatable bonds is 2. The van der Waals surface area contributed by atoms with Gasteiger partial charge in [0.15, 0.2) is 5.78 Å². The number of fused-ring (bicyclic) bond motifs is 2. The van der Waals surface area contributed by atoms with Crippen LogP contribution in [0.3, 0.4) is 0 Å². The fourth-order valence-corrected chi connectivity index (χ4v) is 3.70. The van der Waals surface area contributed by atoms with E-state index in [1.807, 2.05) is 60.7 Å². The molecule has 0 aliphatic carbocycles. The summed E-state index contributed by atoms with van der Waals surface area (Å²) in [6.07, 6.45) is 4.14. The molecular weight excluding hydrogens is 346 g/mol. The van der Waals surface area contributed by atoms with Crippen molar-refractivity contribution in [3.05, 3.63) is 89.0 Å². The van der Waals surface area contributed by atoms with Crippen LogP contribution in [0.1, 0.15) is 40.9 Å². The molecule has 4 rings (SSSR count). The van der Waals surface area contributed by atoms with Crippen molar-refractivity contribution in [2.75, 3.05) is 4.90 Å². The van der Waals surface area contributed by atoms with Gasteiger partial charge in [-0.2, -0.15) is 0 Å². The average molecular weight is 367 g/mol. The first-order valence-corrected chi connectivity index (χ1v) is 9.33. The van der Waals surface area contributed by atoms with Crippen LogP contribution in [0, 0.1) is 0 Å². The number of nitrogens with zero attached hydrogens (tertiary/aromatic N) is 1. The van der Waals surface area contributed by atoms with E-state index in [1.54, 1.807) is 18.7 Å². The van der Waals surface area contributed by atoms with Gasteiger partial charge in [-0.05, 0) is 46.9 Å². The van der Waals surface area contributed by atoms with Crippen molar-refractivity contribution in [3.63, 3.8) is 0 Å². The Morgan fingerprint density at radius 1 is 0.821 bits per heavy atom. The van der Waals surface area contributed by atoms with Gasteiger partial charge in [-0.15, -0.1) is 0 Å². The van der Waals surface area contributed by atoms with Gasteiger partial charge >= 0.3 is 0 Å². The van der Waals surface area contributed by atoms with Gasteiger partial charge in [0.25, 0.3) is 0 Å². The number of Topliss-reactive ketones (excluding diaryl/α,β-unsaturated/α-hetero) is 1. The second-order valence-corrected chi connectivity index (χ2v) is 7.01. The number of anilines is 1. The van der Waals surface area contributed by atoms with Crippen molar-refractivity contribution in [3.8, 4) is 11.1 Å². The third-order valence-electron chi connectivity index (χ3n) is 5.14. The summed E-state index contributed by atoms with van der Waals surface area (Å²) in [5.41, 5.74) is 6.66. The molecule has 0 N–H and O–H groups in total. The van der Waals surface area contributed by atoms with Crippen LogP contribution in [-0.2, 0) is 11.3 Å². The summed E-state index contributed by atoms with van der Waals surface area (Å²) in [7, 11) is 0. The third-order valence-corrected chi connectivity index (χ3v) is 5.14. The Bertz CT molecular complexity index is 1110. The fourth-order valence-electron chi connectivity index (χ4n) is 3.70. The Labute approximate surface area is 164 Å². The van der Waals surface area contributed by atoms with Crippen molar-refractivity contribution in [2.45, 2.75) is 20.4 Å². The SMILES string of the molecule is CC(=O)c1ccccc1-c1ccc2c(c1)CN(C(C)=O)c1ccccc1/C=C\2. The predicted octanol–water partition coefficient (Wildman–Crippen LogP) is 5.59. The summed E-state index contributed by atoms with van der Waals surface area (Å²) in [5.74, 6) is 0.0461. The minimum Gasteiger partial charge on any atom is -0.308 e. The van der Waals surface area contributed by atoms with E-state index in [2.05, 4.69) is 18.2 Å². The first-order chi connectivity index (χ1) is 13.5. The van der Waals surface area contributed by atoms with Crippen molar-refractivity contribution < 1.29 is 9.59 Å². The Kier molecular flexibility index (Phi) is 4.66. The Hall–Kier alpha value is -3.46. The standard InChI is InChI=1S/C25H21NO2/c1-17(27)23-8-4-5-9-24(23)21-14-12-19-11-13-20-7-3-6-10-25(20)26(18(2)28)16-22(19)15-21/h3-15H,16H2,1-2H3/b13-11-. The van der Waals surface area contributed by atoms with Crippen LogP contribution in [0.4, 0.5) is 5.69 Å². The lowest BCUT2D eigenvalue weighted by Gasteiger charge is -2.26. The molecule has 3 aromatic rings. The molecule has 1 heterocycles. The van der Waals surface area contributed by atoms with E-state index in [9.17, 15) is 9.59 Å². The lowest BCUT2D eigenvalue weighted by Crippen LogP contribution is -2.29. The highest BCUT2D eigenvalue weighted by atomic mass is 16.2. The van der Waals surface area contributed by atoms with Crippen LogP contribution < -0.4 is 4.90 Å². The molecule has 1 aliphatic rings. The molecule has 0 bridgehead atoms. The molecule has 0 saturated heterocycles. The lowest BCUT2D eigenvalue weighted by molar-refractivity contribution is -0.116. The van der Waals surface area contributed by atoms with Gasteiger partial charge in [0.05, 0.1) is 12.2 Å². The quantitative estimate of drug-likeness (QED) is 0.554. The highest BCUT2D eigenvalue weighted by Crippen LogP contribution is 2.32. The second-order valence-electron chi connectivity index (χ2n) is 7.01. The summed E-state index contributed by atoms with van der Waals surface area (Å²) >= 11 is 0. The number of para-hydroxylation sites is 1. The topological polar surface area (TPSA) is 37.4 Å². The number of benzene rings is 3. The normalized spacial score (nSPS) is 13.7. The van der Waals surface area contributed by atoms with E-state index in [0.717, 1.165) is 33.5 Å². The monoisotopic (exact) mass is 367 g/mol. The molecule has 0 radical (unpaired) electrons. The number of hydrogen-bond acceptors (Lipinski definition) is 2. The van der Waals surface area contributed by atoms with Crippen LogP contribution in [0.2, 0.25) is 0 Å². The highest BCUT2D eigenvalue weighted by molar-refractivity contribution is 6.01. The van der Waals surface area contributed by atoms with Gasteiger partial charge < -0.3 is 4.90 Å². The molecular formula is C25H21NO2. The number of carbonyl (C=O) groups is 2. The van der Waals surface area contributed by atoms with Crippen LogP contribution >= 0.6 is 0 Å². The van der Waals surface area contributed by atoms with E-state index in [-0.39, 0.29) is 11.7 Å². The minimum atomic E-state index is 0.00300. The van der Waals surface area contributed by atoms with Gasteiger partial charge in [0.1, 0.15) is 0 Å². The van der Waals surface area contributed by atoms with Crippen molar-refractivity contribution in [1.82, 2.24) is 0 Å². The molecule has 3 heteroatoms. The maximum Gasteiger partial charge on any atom is 0.224 e. The summed E-state index contributed by atoms with van der Waals surface area (Å²) in [4.78, 5) is 26.2. The molecule has 0 saturated carbocycles. The van der Waals surface area contributed by atoms with Crippen molar-refractivity contribution in [2.24, 2.45) is 0 Å². The largest absolute Gasteiger partial charge is 0.308 e. The van der Waals surface area contributed by atoms with E-state index < -0.39 is 0 Å². The zero-order valence-corrected chi connectivity index (χ0v) is 16.0. The van der Waals surface area contributed by atoms with Crippen molar-refractivity contribution >= 4 is 29.5 Å². The molecule has 28 heavy (non-hydrogen) atoms. The molecule has 3 nitrogen and oxygen atoms in total. The van der Waals surface area contributed by atoms with Gasteiger partial charge in [0.2, 0.25) is 5.91 Å². The van der Waals surface area contributed by atoms with E-state index in [4.69, 9.17) is 0 Å². The van der Waals surface area contributed by atoms with Gasteiger partial charge in [-0.3, -0.25) is 9.59 Å². The van der Waals surface area contributed by atoms with Gasteiger partial charge in [-0.25, -0.2) is 0 Å². The third kappa shape index (κ3) is 3.27. The average Bonchev–Trinajstić information content (AvgIpc) is 2.69. The number of carbonyl (C=O) groups excluding carboxylic acids is 2. The Balaban J connectivity index is 1.85. The summed E-state index contributed by atoms with van der Waals surface area (Å²) < 4.78 is 0. The highest BCUT2D eigenvalue weighted by Gasteiger charge is 2.19. The second kappa shape index (κ2) is 7.28. The van der Waals surface area contributed by atoms with Crippen LogP contribution in [-0.4, -0.2) is 11.7 Å². The molecule has 0 unspecified atom stereocenters. The lowest BCUT2D eigenvalue weighted by atomic mass is 9.93. The Morgan fingerprint density at radius 3 is 2.32 bits per heavy atom. The summed E-state index contributed by atoms with van der Waals surface area (Å²) in [6, 6.07) is 21.7. The Morgan fingerprint density at radius 2 is 1.54 bits per heavy atom. The number of hydrogen-bond donors (Lipinski definition) is 0. The molecule has 138 valence electrons. The molecule has 3 aromatic carbocycles. The molecule has 1 amide bonds. The summed E-state index contributed by atoms with van der Waals surface area (Å²) in [6.45, 7) is 3.67. The van der Waals surface area contributed by atoms with Crippen LogP contribution in [0.25, 0.3) is 23.3 Å². The number of ketones is 1. The predicted molar refractivity (Wildman–Crippen MR) is 114 cm³/mol. The molecule has 0 aromatic heterocycles. The molecule has 0 spiro atoms. The van der Waals surface area contributed by atoms with E-state index in [1.165, 1.54) is 0 Å². The molecule has 0 atom stereocenters. The van der Waals surface area contributed by atoms with E-state index >= 15 is 0 Å². The summed E-state index contributed by atoms with van der Waals surface area (Å²) in [5, 5.41) is 0. The smallest absolute Gasteiger partial charge is 0.224 e. The maximum atomic E-state index is 12.4. The minimum absolute atomic E-state index is 0.00300.